The van der Waals surface area contributed by atoms with Gasteiger partial charge in [-0.15, -0.1) is 0 Å². The van der Waals surface area contributed by atoms with Gasteiger partial charge in [-0.1, -0.05) is 68.2 Å². The van der Waals surface area contributed by atoms with Crippen LogP contribution in [0.2, 0.25) is 10.0 Å². The maximum Gasteiger partial charge on any atom is 0.300 e. The molecule has 1 saturated heterocycles. The van der Waals surface area contributed by atoms with Crippen LogP contribution in [-0.4, -0.2) is 16.8 Å². The number of aliphatic hydroxyl groups excluding tert-OH is 1. The summed E-state index contributed by atoms with van der Waals surface area (Å²) in [7, 11) is 0. The van der Waals surface area contributed by atoms with Crippen molar-refractivity contribution in [1.82, 2.24) is 0 Å². The molecule has 1 amide bonds. The molecule has 7 heteroatoms. The normalized spacial score (nSPS) is 17.8. The molecule has 0 spiro atoms. The van der Waals surface area contributed by atoms with Gasteiger partial charge in [-0.2, -0.15) is 0 Å². The zero-order valence-electron chi connectivity index (χ0n) is 19.7. The minimum absolute atomic E-state index is 0.0909. The number of aryl methyl sites for hydroxylation is 1. The lowest BCUT2D eigenvalue weighted by Crippen LogP contribution is -2.29. The van der Waals surface area contributed by atoms with Crippen molar-refractivity contribution in [3.8, 4) is 0 Å². The predicted molar refractivity (Wildman–Crippen MR) is 138 cm³/mol. The lowest BCUT2D eigenvalue weighted by molar-refractivity contribution is -0.132. The van der Waals surface area contributed by atoms with Gasteiger partial charge in [0.15, 0.2) is 0 Å². The molecule has 0 radical (unpaired) electrons. The summed E-state index contributed by atoms with van der Waals surface area (Å²) in [6, 6.07) is 14.6. The molecule has 180 valence electrons. The molecular weight excluding hydrogens is 488 g/mol. The van der Waals surface area contributed by atoms with E-state index in [2.05, 4.69) is 0 Å². The Morgan fingerprint density at radius 3 is 2.11 bits per heavy atom. The highest BCUT2D eigenvalue weighted by Crippen LogP contribution is 2.44. The molecule has 1 N–H and O–H groups in total. The van der Waals surface area contributed by atoms with Crippen LogP contribution in [0.1, 0.15) is 49.1 Å². The Bertz CT molecular complexity index is 1350. The Morgan fingerprint density at radius 1 is 0.943 bits per heavy atom. The highest BCUT2D eigenvalue weighted by atomic mass is 35.5. The zero-order chi connectivity index (χ0) is 25.7. The largest absolute Gasteiger partial charge is 0.507 e. The van der Waals surface area contributed by atoms with E-state index < -0.39 is 23.5 Å². The highest BCUT2D eigenvalue weighted by molar-refractivity contribution is 6.52. The molecule has 0 aromatic heterocycles. The third-order valence-electron chi connectivity index (χ3n) is 6.11. The fourth-order valence-corrected chi connectivity index (χ4v) is 4.74. The fraction of sp³-hybridized carbons (Fsp3) is 0.214. The second kappa shape index (κ2) is 9.14. The first-order chi connectivity index (χ1) is 16.4. The van der Waals surface area contributed by atoms with Crippen LogP contribution in [0, 0.1) is 12.7 Å². The SMILES string of the molecule is Cc1ccc(C(C)(C)C)cc1/C(O)=C1\C(=O)C(=O)N(c2cc(Cl)cc(Cl)c2)C1c1ccc(F)cc1. The average molecular weight is 512 g/mol. The standard InChI is InChI=1S/C28H24Cl2FNO3/c1-15-5-8-17(28(2,3)4)11-22(15)25(33)23-24(16-6-9-20(31)10-7-16)32(27(35)26(23)34)21-13-18(29)12-19(30)14-21/h5-14,24,33H,1-4H3/b25-23+. The average Bonchev–Trinajstić information content (AvgIpc) is 3.03. The number of anilines is 1. The molecule has 35 heavy (non-hydrogen) atoms. The summed E-state index contributed by atoms with van der Waals surface area (Å²) < 4.78 is 13.7. The van der Waals surface area contributed by atoms with Gasteiger partial charge in [-0.3, -0.25) is 14.5 Å². The van der Waals surface area contributed by atoms with Crippen molar-refractivity contribution in [2.75, 3.05) is 4.90 Å². The van der Waals surface area contributed by atoms with Crippen LogP contribution < -0.4 is 4.90 Å². The molecule has 1 unspecified atom stereocenters. The fourth-order valence-electron chi connectivity index (χ4n) is 4.23. The first-order valence-corrected chi connectivity index (χ1v) is 11.8. The van der Waals surface area contributed by atoms with Crippen molar-refractivity contribution in [3.63, 3.8) is 0 Å². The van der Waals surface area contributed by atoms with Crippen LogP contribution in [-0.2, 0) is 15.0 Å². The number of hydrogen-bond donors (Lipinski definition) is 1. The maximum atomic E-state index is 13.7. The second-order valence-electron chi connectivity index (χ2n) is 9.63. The molecule has 0 saturated carbocycles. The summed E-state index contributed by atoms with van der Waals surface area (Å²) in [4.78, 5) is 27.9. The topological polar surface area (TPSA) is 57.6 Å². The van der Waals surface area contributed by atoms with Crippen LogP contribution in [0.3, 0.4) is 0 Å². The van der Waals surface area contributed by atoms with Gasteiger partial charge in [-0.25, -0.2) is 4.39 Å². The summed E-state index contributed by atoms with van der Waals surface area (Å²) >= 11 is 12.4. The van der Waals surface area contributed by atoms with Gasteiger partial charge in [0.25, 0.3) is 11.7 Å². The number of ketones is 1. The molecular formula is C28H24Cl2FNO3. The van der Waals surface area contributed by atoms with Crippen molar-refractivity contribution in [2.45, 2.75) is 39.2 Å². The van der Waals surface area contributed by atoms with Crippen molar-refractivity contribution >= 4 is 46.3 Å². The minimum Gasteiger partial charge on any atom is -0.507 e. The van der Waals surface area contributed by atoms with E-state index in [-0.39, 0.29) is 32.5 Å². The van der Waals surface area contributed by atoms with Gasteiger partial charge in [0.2, 0.25) is 0 Å². The molecule has 4 rings (SSSR count). The molecule has 4 nitrogen and oxygen atoms in total. The maximum absolute atomic E-state index is 13.7. The third-order valence-corrected chi connectivity index (χ3v) is 6.55. The Hall–Kier alpha value is -3.15. The summed E-state index contributed by atoms with van der Waals surface area (Å²) in [6.45, 7) is 7.95. The Morgan fingerprint density at radius 2 is 1.54 bits per heavy atom. The van der Waals surface area contributed by atoms with Gasteiger partial charge in [0, 0.05) is 21.3 Å². The molecule has 1 fully saturated rings. The Balaban J connectivity index is 2.00. The quantitative estimate of drug-likeness (QED) is 0.227. The molecule has 0 bridgehead atoms. The van der Waals surface area contributed by atoms with Gasteiger partial charge >= 0.3 is 0 Å². The van der Waals surface area contributed by atoms with Crippen molar-refractivity contribution < 1.29 is 19.1 Å². The number of Topliss-reactive ketones (excluding diaryl/α,β-unsaturated/α-hetero) is 1. The zero-order valence-corrected chi connectivity index (χ0v) is 21.2. The van der Waals surface area contributed by atoms with Crippen molar-refractivity contribution in [3.05, 3.63) is 104 Å². The van der Waals surface area contributed by atoms with E-state index in [1.54, 1.807) is 0 Å². The Labute approximate surface area is 213 Å². The van der Waals surface area contributed by atoms with E-state index in [0.29, 0.717) is 11.1 Å². The van der Waals surface area contributed by atoms with Crippen molar-refractivity contribution in [2.24, 2.45) is 0 Å². The van der Waals surface area contributed by atoms with Crippen LogP contribution in [0.25, 0.3) is 5.76 Å². The summed E-state index contributed by atoms with van der Waals surface area (Å²) in [5.74, 6) is -2.46. The molecule has 1 aliphatic heterocycles. The number of benzene rings is 3. The molecule has 3 aromatic rings. The highest BCUT2D eigenvalue weighted by Gasteiger charge is 2.47. The van der Waals surface area contributed by atoms with Crippen molar-refractivity contribution in [1.29, 1.82) is 0 Å². The number of aliphatic hydroxyl groups is 1. The van der Waals surface area contributed by atoms with E-state index in [4.69, 9.17) is 23.2 Å². The molecule has 3 aromatic carbocycles. The second-order valence-corrected chi connectivity index (χ2v) is 10.5. The van der Waals surface area contributed by atoms with E-state index in [1.807, 2.05) is 45.9 Å². The monoisotopic (exact) mass is 511 g/mol. The summed E-state index contributed by atoms with van der Waals surface area (Å²) in [6.07, 6.45) is 0. The van der Waals surface area contributed by atoms with E-state index >= 15 is 0 Å². The first kappa shape index (κ1) is 25.0. The van der Waals surface area contributed by atoms with Gasteiger partial charge < -0.3 is 5.11 Å². The first-order valence-electron chi connectivity index (χ1n) is 11.0. The lowest BCUT2D eigenvalue weighted by Gasteiger charge is -2.26. The number of carbonyl (C=O) groups excluding carboxylic acids is 2. The summed E-state index contributed by atoms with van der Waals surface area (Å²) in [5.41, 5.74) is 2.59. The smallest absolute Gasteiger partial charge is 0.300 e. The third kappa shape index (κ3) is 4.71. The van der Waals surface area contributed by atoms with Gasteiger partial charge in [0.05, 0.1) is 11.6 Å². The molecule has 1 aliphatic rings. The molecule has 1 atom stereocenters. The lowest BCUT2D eigenvalue weighted by atomic mass is 9.84. The van der Waals surface area contributed by atoms with Crippen LogP contribution in [0.5, 0.6) is 0 Å². The van der Waals surface area contributed by atoms with Gasteiger partial charge in [-0.05, 0) is 65.4 Å². The molecule has 0 aliphatic carbocycles. The number of hydrogen-bond acceptors (Lipinski definition) is 3. The minimum atomic E-state index is -1.01. The number of nitrogens with zero attached hydrogens (tertiary/aromatic N) is 1. The van der Waals surface area contributed by atoms with Crippen LogP contribution in [0.15, 0.2) is 66.2 Å². The summed E-state index contributed by atoms with van der Waals surface area (Å²) in [5, 5.41) is 12.1. The van der Waals surface area contributed by atoms with E-state index in [0.717, 1.165) is 11.1 Å². The Kier molecular flexibility index (Phi) is 6.52. The van der Waals surface area contributed by atoms with Crippen LogP contribution in [0.4, 0.5) is 10.1 Å². The van der Waals surface area contributed by atoms with Crippen LogP contribution >= 0.6 is 23.2 Å². The molecule has 1 heterocycles. The predicted octanol–water partition coefficient (Wildman–Crippen LogP) is 7.36. The number of halogens is 3. The van der Waals surface area contributed by atoms with E-state index in [9.17, 15) is 19.1 Å². The van der Waals surface area contributed by atoms with E-state index in [1.165, 1.54) is 47.4 Å². The van der Waals surface area contributed by atoms with Gasteiger partial charge in [0.1, 0.15) is 11.6 Å². The number of rotatable bonds is 3. The number of amides is 1. The number of carbonyl (C=O) groups is 2.